The van der Waals surface area contributed by atoms with Crippen LogP contribution in [0.15, 0.2) is 47.9 Å². The maximum atomic E-state index is 12.8. The highest BCUT2D eigenvalue weighted by Crippen LogP contribution is 2.34. The molecule has 2 aromatic heterocycles. The summed E-state index contributed by atoms with van der Waals surface area (Å²) in [6.07, 6.45) is 2.51. The minimum absolute atomic E-state index is 0.0260. The first-order chi connectivity index (χ1) is 16.9. The summed E-state index contributed by atoms with van der Waals surface area (Å²) in [7, 11) is 3.02. The number of nitrogens with one attached hydrogen (secondary N) is 2. The van der Waals surface area contributed by atoms with Gasteiger partial charge < -0.3 is 24.9 Å². The van der Waals surface area contributed by atoms with E-state index in [2.05, 4.69) is 25.9 Å². The molecule has 1 aliphatic heterocycles. The van der Waals surface area contributed by atoms with Crippen molar-refractivity contribution in [2.24, 2.45) is 5.16 Å². The molecule has 3 heterocycles. The van der Waals surface area contributed by atoms with Crippen molar-refractivity contribution in [1.82, 2.24) is 14.8 Å². The Bertz CT molecular complexity index is 1280. The number of methoxy groups -OCH3 is 2. The van der Waals surface area contributed by atoms with Gasteiger partial charge >= 0.3 is 0 Å². The zero-order chi connectivity index (χ0) is 24.9. The fourth-order valence-electron chi connectivity index (χ4n) is 3.47. The van der Waals surface area contributed by atoms with E-state index < -0.39 is 12.0 Å². The van der Waals surface area contributed by atoms with Gasteiger partial charge in [0, 0.05) is 36.0 Å². The summed E-state index contributed by atoms with van der Waals surface area (Å²) in [6, 6.07) is 8.43. The zero-order valence-electron chi connectivity index (χ0n) is 19.2. The van der Waals surface area contributed by atoms with Crippen LogP contribution in [0.4, 0.5) is 11.5 Å². The Kier molecular flexibility index (Phi) is 7.16. The summed E-state index contributed by atoms with van der Waals surface area (Å²) in [5.41, 5.74) is 2.40. The Morgan fingerprint density at radius 1 is 1.20 bits per heavy atom. The molecule has 0 fully saturated rings. The number of benzene rings is 1. The number of aromatic nitrogens is 3. The molecule has 3 aromatic rings. The van der Waals surface area contributed by atoms with Gasteiger partial charge in [0.25, 0.3) is 5.91 Å². The summed E-state index contributed by atoms with van der Waals surface area (Å²) in [6.45, 7) is 1.76. The lowest BCUT2D eigenvalue weighted by Crippen LogP contribution is -2.28. The van der Waals surface area contributed by atoms with E-state index in [1.165, 1.54) is 18.9 Å². The number of ether oxygens (including phenoxy) is 2. The van der Waals surface area contributed by atoms with Gasteiger partial charge in [0.15, 0.2) is 5.82 Å². The Morgan fingerprint density at radius 2 is 2.00 bits per heavy atom. The summed E-state index contributed by atoms with van der Waals surface area (Å²) < 4.78 is 12.1. The van der Waals surface area contributed by atoms with E-state index in [4.69, 9.17) is 25.9 Å². The number of hydrogen-bond donors (Lipinski definition) is 2. The highest BCUT2D eigenvalue weighted by Gasteiger charge is 2.31. The summed E-state index contributed by atoms with van der Waals surface area (Å²) in [5.74, 6) is 0.552. The van der Waals surface area contributed by atoms with E-state index in [0.29, 0.717) is 45.0 Å². The maximum Gasteiger partial charge on any atom is 0.269 e. The lowest BCUT2D eigenvalue weighted by Gasteiger charge is -2.11. The Labute approximate surface area is 206 Å². The Morgan fingerprint density at radius 3 is 2.71 bits per heavy atom. The second-order valence-electron chi connectivity index (χ2n) is 7.63. The minimum Gasteiger partial charge on any atom is -0.496 e. The number of anilines is 2. The maximum absolute atomic E-state index is 12.8. The van der Waals surface area contributed by atoms with Gasteiger partial charge in [-0.1, -0.05) is 16.8 Å². The third-order valence-corrected chi connectivity index (χ3v) is 5.51. The standard InChI is InChI=1S/C23H23ClN6O5/c1-13-7-21(28-30(13)12-22(31)26-14-5-4-6-25-11-14)27-23(32)20-9-17(29-35-20)15-8-16(24)19(34-3)10-18(15)33-2/h4-8,10-11,20H,9,12H2,1-3H3,(H,26,31)(H,27,28,32)/t20-/m0/s1. The predicted octanol–water partition coefficient (Wildman–Crippen LogP) is 3.03. The fourth-order valence-corrected chi connectivity index (χ4v) is 3.71. The smallest absolute Gasteiger partial charge is 0.269 e. The molecule has 11 nitrogen and oxygen atoms in total. The van der Waals surface area contributed by atoms with Gasteiger partial charge in [-0.25, -0.2) is 0 Å². The minimum atomic E-state index is -0.866. The van der Waals surface area contributed by atoms with Crippen molar-refractivity contribution in [3.05, 3.63) is 59.0 Å². The number of rotatable bonds is 8. The van der Waals surface area contributed by atoms with Gasteiger partial charge in [-0.05, 0) is 25.1 Å². The van der Waals surface area contributed by atoms with Crippen LogP contribution < -0.4 is 20.1 Å². The van der Waals surface area contributed by atoms with E-state index in [1.807, 2.05) is 0 Å². The number of carbonyl (C=O) groups excluding carboxylic acids is 2. The topological polar surface area (TPSA) is 129 Å². The number of oxime groups is 1. The van der Waals surface area contributed by atoms with Crippen molar-refractivity contribution in [2.45, 2.75) is 26.0 Å². The molecule has 12 heteroatoms. The van der Waals surface area contributed by atoms with Crippen LogP contribution in [-0.2, 0) is 21.0 Å². The molecule has 1 aromatic carbocycles. The Hall–Kier alpha value is -4.12. The predicted molar refractivity (Wildman–Crippen MR) is 129 cm³/mol. The molecule has 0 aliphatic carbocycles. The van der Waals surface area contributed by atoms with Crippen LogP contribution in [0.25, 0.3) is 0 Å². The molecule has 0 saturated heterocycles. The molecule has 0 radical (unpaired) electrons. The van der Waals surface area contributed by atoms with Crippen LogP contribution in [0.3, 0.4) is 0 Å². The molecule has 35 heavy (non-hydrogen) atoms. The largest absolute Gasteiger partial charge is 0.496 e. The molecule has 0 unspecified atom stereocenters. The number of amides is 2. The van der Waals surface area contributed by atoms with Crippen LogP contribution in [-0.4, -0.2) is 52.6 Å². The van der Waals surface area contributed by atoms with Crippen molar-refractivity contribution in [2.75, 3.05) is 24.9 Å². The van der Waals surface area contributed by atoms with Crippen LogP contribution in [0, 0.1) is 6.92 Å². The van der Waals surface area contributed by atoms with Crippen LogP contribution in [0.5, 0.6) is 11.5 Å². The first-order valence-electron chi connectivity index (χ1n) is 10.6. The van der Waals surface area contributed by atoms with Crippen molar-refractivity contribution >= 4 is 40.6 Å². The second kappa shape index (κ2) is 10.4. The molecular weight excluding hydrogens is 476 g/mol. The van der Waals surface area contributed by atoms with E-state index in [0.717, 1.165) is 0 Å². The molecule has 4 rings (SSSR count). The van der Waals surface area contributed by atoms with Gasteiger partial charge in [-0.15, -0.1) is 0 Å². The second-order valence-corrected chi connectivity index (χ2v) is 8.04. The molecule has 1 atom stereocenters. The summed E-state index contributed by atoms with van der Waals surface area (Å²) >= 11 is 6.24. The lowest BCUT2D eigenvalue weighted by atomic mass is 10.0. The van der Waals surface area contributed by atoms with Crippen LogP contribution >= 0.6 is 11.6 Å². The molecule has 0 spiro atoms. The van der Waals surface area contributed by atoms with Crippen molar-refractivity contribution in [1.29, 1.82) is 0 Å². The number of pyridine rings is 1. The van der Waals surface area contributed by atoms with E-state index in [1.54, 1.807) is 49.6 Å². The normalized spacial score (nSPS) is 14.6. The number of hydrogen-bond acceptors (Lipinski definition) is 8. The monoisotopic (exact) mass is 498 g/mol. The highest BCUT2D eigenvalue weighted by molar-refractivity contribution is 6.32. The van der Waals surface area contributed by atoms with Gasteiger partial charge in [0.05, 0.1) is 36.8 Å². The van der Waals surface area contributed by atoms with Crippen molar-refractivity contribution in [3.8, 4) is 11.5 Å². The average Bonchev–Trinajstić information content (AvgIpc) is 3.46. The number of halogens is 1. The highest BCUT2D eigenvalue weighted by atomic mass is 35.5. The van der Waals surface area contributed by atoms with Crippen LogP contribution in [0.1, 0.15) is 17.7 Å². The van der Waals surface area contributed by atoms with Gasteiger partial charge in [-0.3, -0.25) is 19.3 Å². The molecule has 2 amide bonds. The third kappa shape index (κ3) is 5.52. The number of carbonyl (C=O) groups is 2. The molecule has 182 valence electrons. The van der Waals surface area contributed by atoms with E-state index in [-0.39, 0.29) is 18.9 Å². The average molecular weight is 499 g/mol. The molecule has 1 aliphatic rings. The third-order valence-electron chi connectivity index (χ3n) is 5.22. The molecule has 0 saturated carbocycles. The Balaban J connectivity index is 1.37. The molecular formula is C23H23ClN6O5. The fraction of sp³-hybridized carbons (Fsp3) is 0.261. The lowest BCUT2D eigenvalue weighted by molar-refractivity contribution is -0.125. The van der Waals surface area contributed by atoms with Crippen LogP contribution in [0.2, 0.25) is 5.02 Å². The van der Waals surface area contributed by atoms with Crippen molar-refractivity contribution in [3.63, 3.8) is 0 Å². The van der Waals surface area contributed by atoms with E-state index >= 15 is 0 Å². The van der Waals surface area contributed by atoms with Gasteiger partial charge in [-0.2, -0.15) is 5.10 Å². The first-order valence-corrected chi connectivity index (χ1v) is 11.0. The first kappa shape index (κ1) is 24.0. The number of nitrogens with zero attached hydrogens (tertiary/aromatic N) is 4. The molecule has 2 N–H and O–H groups in total. The molecule has 0 bridgehead atoms. The summed E-state index contributed by atoms with van der Waals surface area (Å²) in [4.78, 5) is 34.4. The van der Waals surface area contributed by atoms with Gasteiger partial charge in [0.2, 0.25) is 12.0 Å². The SMILES string of the molecule is COc1cc(OC)c(C2=NO[C@H](C(=O)Nc3cc(C)n(CC(=O)Nc4cccnc4)n3)C2)cc1Cl. The number of aryl methyl sites for hydroxylation is 1. The zero-order valence-corrected chi connectivity index (χ0v) is 20.0. The van der Waals surface area contributed by atoms with E-state index in [9.17, 15) is 9.59 Å². The van der Waals surface area contributed by atoms with Gasteiger partial charge in [0.1, 0.15) is 18.0 Å². The van der Waals surface area contributed by atoms with Crippen molar-refractivity contribution < 1.29 is 23.9 Å². The quantitative estimate of drug-likeness (QED) is 0.488. The summed E-state index contributed by atoms with van der Waals surface area (Å²) in [5, 5.41) is 14.2.